The molecule has 1 aromatic heterocycles. The molecule has 0 saturated heterocycles. The van der Waals surface area contributed by atoms with Crippen LogP contribution >= 0.6 is 15.9 Å². The molecule has 2 rings (SSSR count). The van der Waals surface area contributed by atoms with Crippen LogP contribution < -0.4 is 4.90 Å². The van der Waals surface area contributed by atoms with E-state index in [2.05, 4.69) is 25.8 Å². The van der Waals surface area contributed by atoms with E-state index in [1.807, 2.05) is 6.92 Å². The van der Waals surface area contributed by atoms with Crippen LogP contribution in [0.4, 0.5) is 5.82 Å². The minimum atomic E-state index is -0.925. The number of hydrogen-bond donors (Lipinski definition) is 1. The van der Waals surface area contributed by atoms with Crippen LogP contribution in [0.2, 0.25) is 0 Å². The van der Waals surface area contributed by atoms with Gasteiger partial charge in [0, 0.05) is 23.8 Å². The van der Waals surface area contributed by atoms with Crippen molar-refractivity contribution in [3.8, 4) is 0 Å². The number of anilines is 1. The molecule has 5 heteroatoms. The largest absolute Gasteiger partial charge is 0.478 e. The third-order valence-electron chi connectivity index (χ3n) is 3.45. The number of nitrogens with zero attached hydrogens (tertiary/aromatic N) is 2. The number of carboxylic acid groups (broad SMARTS) is 1. The predicted octanol–water partition coefficient (Wildman–Crippen LogP) is 3.17. The van der Waals surface area contributed by atoms with Crippen LogP contribution in [0.3, 0.4) is 0 Å². The summed E-state index contributed by atoms with van der Waals surface area (Å²) in [5, 5.41) is 9.25. The first kappa shape index (κ1) is 13.3. The topological polar surface area (TPSA) is 53.4 Å². The Bertz CT molecular complexity index is 447. The lowest BCUT2D eigenvalue weighted by Crippen LogP contribution is -2.34. The highest BCUT2D eigenvalue weighted by molar-refractivity contribution is 9.10. The number of pyridine rings is 1. The molecule has 0 unspecified atom stereocenters. The molecule has 0 aliphatic heterocycles. The van der Waals surface area contributed by atoms with Crippen molar-refractivity contribution in [1.29, 1.82) is 0 Å². The molecule has 1 saturated carbocycles. The highest BCUT2D eigenvalue weighted by Crippen LogP contribution is 2.30. The van der Waals surface area contributed by atoms with E-state index in [9.17, 15) is 9.90 Å². The molecule has 1 heterocycles. The fourth-order valence-electron chi connectivity index (χ4n) is 2.19. The maximum atomic E-state index is 11.3. The Hall–Kier alpha value is -1.10. The van der Waals surface area contributed by atoms with Gasteiger partial charge in [0.25, 0.3) is 0 Å². The molecule has 1 fully saturated rings. The first-order valence-corrected chi connectivity index (χ1v) is 7.05. The third kappa shape index (κ3) is 2.83. The molecule has 0 aromatic carbocycles. The summed E-state index contributed by atoms with van der Waals surface area (Å²) >= 11 is 3.27. The molecule has 0 radical (unpaired) electrons. The molecule has 1 aliphatic rings. The van der Waals surface area contributed by atoms with Crippen LogP contribution in [0.15, 0.2) is 16.7 Å². The molecule has 1 aliphatic carbocycles. The predicted molar refractivity (Wildman–Crippen MR) is 74.1 cm³/mol. The van der Waals surface area contributed by atoms with E-state index in [-0.39, 0.29) is 5.56 Å². The van der Waals surface area contributed by atoms with Crippen molar-refractivity contribution < 1.29 is 9.90 Å². The van der Waals surface area contributed by atoms with Crippen molar-refractivity contribution in [2.24, 2.45) is 5.92 Å². The normalized spacial score (nSPS) is 15.2. The first-order chi connectivity index (χ1) is 8.61. The van der Waals surface area contributed by atoms with E-state index in [1.165, 1.54) is 19.3 Å². The molecule has 0 bridgehead atoms. The standard InChI is InChI=1S/C13H17BrN2O2/c1-2-16(8-9-4-3-5-9)12-11(13(17)18)6-10(14)7-15-12/h6-7,9H,2-5,8H2,1H3,(H,17,18). The van der Waals surface area contributed by atoms with Crippen molar-refractivity contribution in [2.45, 2.75) is 26.2 Å². The lowest BCUT2D eigenvalue weighted by molar-refractivity contribution is 0.0697. The fourth-order valence-corrected chi connectivity index (χ4v) is 2.53. The van der Waals surface area contributed by atoms with Gasteiger partial charge in [0.2, 0.25) is 0 Å². The van der Waals surface area contributed by atoms with E-state index in [0.717, 1.165) is 13.1 Å². The summed E-state index contributed by atoms with van der Waals surface area (Å²) in [6, 6.07) is 1.62. The van der Waals surface area contributed by atoms with Gasteiger partial charge in [-0.1, -0.05) is 6.42 Å². The summed E-state index contributed by atoms with van der Waals surface area (Å²) in [5.41, 5.74) is 0.269. The zero-order valence-electron chi connectivity index (χ0n) is 10.4. The Labute approximate surface area is 115 Å². The van der Waals surface area contributed by atoms with Gasteiger partial charge in [0.1, 0.15) is 11.4 Å². The smallest absolute Gasteiger partial charge is 0.339 e. The number of aromatic carboxylic acids is 1. The zero-order chi connectivity index (χ0) is 13.1. The van der Waals surface area contributed by atoms with Crippen LogP contribution in [0.25, 0.3) is 0 Å². The molecule has 0 amide bonds. The van der Waals surface area contributed by atoms with Crippen LogP contribution in [0, 0.1) is 5.92 Å². The first-order valence-electron chi connectivity index (χ1n) is 6.25. The highest BCUT2D eigenvalue weighted by Gasteiger charge is 2.23. The van der Waals surface area contributed by atoms with Gasteiger partial charge in [-0.05, 0) is 47.7 Å². The van der Waals surface area contributed by atoms with Gasteiger partial charge in [-0.2, -0.15) is 0 Å². The van der Waals surface area contributed by atoms with Crippen molar-refractivity contribution in [3.05, 3.63) is 22.3 Å². The minimum absolute atomic E-state index is 0.269. The average Bonchev–Trinajstić information content (AvgIpc) is 2.28. The van der Waals surface area contributed by atoms with E-state index < -0.39 is 5.97 Å². The number of hydrogen-bond acceptors (Lipinski definition) is 3. The van der Waals surface area contributed by atoms with E-state index in [4.69, 9.17) is 0 Å². The Morgan fingerprint density at radius 1 is 1.61 bits per heavy atom. The van der Waals surface area contributed by atoms with Crippen LogP contribution in [-0.2, 0) is 0 Å². The number of aromatic nitrogens is 1. The highest BCUT2D eigenvalue weighted by atomic mass is 79.9. The third-order valence-corrected chi connectivity index (χ3v) is 3.88. The number of carbonyl (C=O) groups is 1. The maximum Gasteiger partial charge on any atom is 0.339 e. The summed E-state index contributed by atoms with van der Waals surface area (Å²) in [5.74, 6) is 0.350. The Morgan fingerprint density at radius 3 is 2.83 bits per heavy atom. The van der Waals surface area contributed by atoms with Gasteiger partial charge >= 0.3 is 5.97 Å². The Kier molecular flexibility index (Phi) is 4.22. The van der Waals surface area contributed by atoms with Crippen LogP contribution in [-0.4, -0.2) is 29.1 Å². The monoisotopic (exact) mass is 312 g/mol. The molecule has 0 spiro atoms. The van der Waals surface area contributed by atoms with E-state index in [0.29, 0.717) is 16.2 Å². The second kappa shape index (κ2) is 5.69. The summed E-state index contributed by atoms with van der Waals surface area (Å²) in [6.07, 6.45) is 5.44. The second-order valence-electron chi connectivity index (χ2n) is 4.67. The van der Waals surface area contributed by atoms with Crippen molar-refractivity contribution in [1.82, 2.24) is 4.98 Å². The summed E-state index contributed by atoms with van der Waals surface area (Å²) < 4.78 is 0.698. The average molecular weight is 313 g/mol. The molecule has 98 valence electrons. The summed E-state index contributed by atoms with van der Waals surface area (Å²) in [6.45, 7) is 3.73. The Balaban J connectivity index is 2.25. The van der Waals surface area contributed by atoms with E-state index in [1.54, 1.807) is 12.3 Å². The summed E-state index contributed by atoms with van der Waals surface area (Å²) in [7, 11) is 0. The van der Waals surface area contributed by atoms with Gasteiger partial charge in [-0.3, -0.25) is 0 Å². The maximum absolute atomic E-state index is 11.3. The zero-order valence-corrected chi connectivity index (χ0v) is 12.0. The van der Waals surface area contributed by atoms with Crippen molar-refractivity contribution >= 4 is 27.7 Å². The van der Waals surface area contributed by atoms with Crippen molar-refractivity contribution in [2.75, 3.05) is 18.0 Å². The van der Waals surface area contributed by atoms with Gasteiger partial charge < -0.3 is 10.0 Å². The van der Waals surface area contributed by atoms with Gasteiger partial charge in [-0.15, -0.1) is 0 Å². The Morgan fingerprint density at radius 2 is 2.33 bits per heavy atom. The minimum Gasteiger partial charge on any atom is -0.478 e. The molecule has 0 atom stereocenters. The number of rotatable bonds is 5. The molecular weight excluding hydrogens is 296 g/mol. The number of carboxylic acids is 1. The van der Waals surface area contributed by atoms with Crippen LogP contribution in [0.1, 0.15) is 36.5 Å². The molecule has 4 nitrogen and oxygen atoms in total. The van der Waals surface area contributed by atoms with Crippen LogP contribution in [0.5, 0.6) is 0 Å². The molecule has 1 aromatic rings. The van der Waals surface area contributed by atoms with Gasteiger partial charge in [-0.25, -0.2) is 9.78 Å². The quantitative estimate of drug-likeness (QED) is 0.907. The van der Waals surface area contributed by atoms with Gasteiger partial charge in [0.05, 0.1) is 0 Å². The molecular formula is C13H17BrN2O2. The lowest BCUT2D eigenvalue weighted by Gasteiger charge is -2.33. The fraction of sp³-hybridized carbons (Fsp3) is 0.538. The molecule has 1 N–H and O–H groups in total. The second-order valence-corrected chi connectivity index (χ2v) is 5.58. The van der Waals surface area contributed by atoms with Crippen molar-refractivity contribution in [3.63, 3.8) is 0 Å². The summed E-state index contributed by atoms with van der Waals surface area (Å²) in [4.78, 5) is 17.6. The molecule has 18 heavy (non-hydrogen) atoms. The van der Waals surface area contributed by atoms with E-state index >= 15 is 0 Å². The SMILES string of the molecule is CCN(CC1CCC1)c1ncc(Br)cc1C(=O)O. The van der Waals surface area contributed by atoms with Gasteiger partial charge in [0.15, 0.2) is 0 Å². The lowest BCUT2D eigenvalue weighted by atomic mass is 9.85. The number of halogens is 1.